The Balaban J connectivity index is 2.70. The van der Waals surface area contributed by atoms with Crippen LogP contribution in [-0.2, 0) is 33.6 Å². The highest BCUT2D eigenvalue weighted by atomic mass is 35.5. The monoisotopic (exact) mass is 443 g/mol. The Labute approximate surface area is 162 Å². The maximum atomic E-state index is 12.9. The number of anilines is 1. The quantitative estimate of drug-likeness (QED) is 0.652. The molecule has 0 aromatic heterocycles. The number of esters is 2. The summed E-state index contributed by atoms with van der Waals surface area (Å²) in [5.41, 5.74) is -6.53. The van der Waals surface area contributed by atoms with E-state index in [-0.39, 0.29) is 22.9 Å². The average molecular weight is 444 g/mol. The molecule has 1 aliphatic heterocycles. The highest BCUT2D eigenvalue weighted by molar-refractivity contribution is 7.92. The van der Waals surface area contributed by atoms with Gasteiger partial charge in [0.05, 0.1) is 42.0 Å². The van der Waals surface area contributed by atoms with Crippen molar-refractivity contribution in [2.75, 3.05) is 32.5 Å². The maximum absolute atomic E-state index is 12.9. The van der Waals surface area contributed by atoms with Crippen LogP contribution in [0.2, 0.25) is 5.02 Å². The standard InChI is InChI=1S/C15H13ClF3NO7S/c1-25-13(21)9-6-27-7-20(12(9)14(22)26-2)11-5-8(3-4-10(11)16)28(23,24)15(17,18)19/h3-5H,6-7H2,1-2H3. The highest BCUT2D eigenvalue weighted by Gasteiger charge is 2.47. The Kier molecular flexibility index (Phi) is 6.26. The number of ether oxygens (including phenoxy) is 3. The summed E-state index contributed by atoms with van der Waals surface area (Å²) in [6, 6.07) is 2.21. The van der Waals surface area contributed by atoms with Crippen molar-refractivity contribution in [3.63, 3.8) is 0 Å². The third kappa shape index (κ3) is 3.93. The van der Waals surface area contributed by atoms with E-state index in [1.54, 1.807) is 0 Å². The molecule has 154 valence electrons. The zero-order valence-corrected chi connectivity index (χ0v) is 15.9. The minimum atomic E-state index is -5.68. The number of hydrogen-bond donors (Lipinski definition) is 0. The molecule has 0 aliphatic carbocycles. The van der Waals surface area contributed by atoms with Crippen molar-refractivity contribution in [2.45, 2.75) is 10.4 Å². The predicted molar refractivity (Wildman–Crippen MR) is 89.0 cm³/mol. The van der Waals surface area contributed by atoms with Crippen LogP contribution in [0.3, 0.4) is 0 Å². The molecular formula is C15H13ClF3NO7S. The van der Waals surface area contributed by atoms with Crippen molar-refractivity contribution in [3.8, 4) is 0 Å². The Hall–Kier alpha value is -2.31. The fourth-order valence-electron chi connectivity index (χ4n) is 2.33. The summed E-state index contributed by atoms with van der Waals surface area (Å²) in [5, 5.41) is -0.197. The summed E-state index contributed by atoms with van der Waals surface area (Å²) in [6.07, 6.45) is 0. The SMILES string of the molecule is COC(=O)C1=C(C(=O)OC)N(c2cc(S(=O)(=O)C(F)(F)F)ccc2Cl)COC1. The van der Waals surface area contributed by atoms with E-state index in [4.69, 9.17) is 16.3 Å². The van der Waals surface area contributed by atoms with Gasteiger partial charge in [-0.1, -0.05) is 11.6 Å². The molecule has 0 amide bonds. The number of rotatable bonds is 4. The average Bonchev–Trinajstić information content (AvgIpc) is 2.65. The van der Waals surface area contributed by atoms with Crippen molar-refractivity contribution < 1.29 is 45.4 Å². The second kappa shape index (κ2) is 7.97. The number of hydrogen-bond acceptors (Lipinski definition) is 8. The molecule has 13 heteroatoms. The Morgan fingerprint density at radius 2 is 1.79 bits per heavy atom. The number of methoxy groups -OCH3 is 2. The first-order valence-electron chi connectivity index (χ1n) is 7.31. The molecule has 0 N–H and O–H groups in total. The number of carbonyl (C=O) groups is 2. The van der Waals surface area contributed by atoms with Gasteiger partial charge < -0.3 is 19.1 Å². The van der Waals surface area contributed by atoms with Crippen LogP contribution in [0, 0.1) is 0 Å². The first-order valence-corrected chi connectivity index (χ1v) is 9.17. The molecule has 0 unspecified atom stereocenters. The van der Waals surface area contributed by atoms with Crippen molar-refractivity contribution in [1.82, 2.24) is 0 Å². The van der Waals surface area contributed by atoms with Crippen molar-refractivity contribution >= 4 is 39.1 Å². The summed E-state index contributed by atoms with van der Waals surface area (Å²) in [5.74, 6) is -1.97. The Morgan fingerprint density at radius 1 is 1.18 bits per heavy atom. The minimum Gasteiger partial charge on any atom is -0.466 e. The zero-order valence-electron chi connectivity index (χ0n) is 14.4. The largest absolute Gasteiger partial charge is 0.501 e. The summed E-state index contributed by atoms with van der Waals surface area (Å²) in [7, 11) is -3.62. The van der Waals surface area contributed by atoms with Gasteiger partial charge in [-0.2, -0.15) is 13.2 Å². The van der Waals surface area contributed by atoms with Crippen LogP contribution in [-0.4, -0.2) is 53.4 Å². The van der Waals surface area contributed by atoms with Gasteiger partial charge in [0, 0.05) is 0 Å². The van der Waals surface area contributed by atoms with Crippen LogP contribution in [0.4, 0.5) is 18.9 Å². The topological polar surface area (TPSA) is 99.2 Å². The number of alkyl halides is 3. The lowest BCUT2D eigenvalue weighted by atomic mass is 10.1. The molecule has 1 aromatic carbocycles. The molecule has 0 radical (unpaired) electrons. The number of nitrogens with zero attached hydrogens (tertiary/aromatic N) is 1. The molecule has 2 rings (SSSR count). The van der Waals surface area contributed by atoms with Gasteiger partial charge in [-0.25, -0.2) is 18.0 Å². The lowest BCUT2D eigenvalue weighted by Gasteiger charge is -2.32. The summed E-state index contributed by atoms with van der Waals surface area (Å²) in [4.78, 5) is 24.0. The lowest BCUT2D eigenvalue weighted by Crippen LogP contribution is -2.39. The van der Waals surface area contributed by atoms with E-state index in [1.165, 1.54) is 0 Å². The molecule has 1 aromatic rings. The van der Waals surface area contributed by atoms with E-state index < -0.39 is 44.6 Å². The first kappa shape index (κ1) is 22.0. The summed E-state index contributed by atoms with van der Waals surface area (Å²) in [6.45, 7) is -0.758. The molecule has 8 nitrogen and oxygen atoms in total. The second-order valence-electron chi connectivity index (χ2n) is 5.28. The molecule has 1 aliphatic rings. The van der Waals surface area contributed by atoms with Crippen LogP contribution >= 0.6 is 11.6 Å². The van der Waals surface area contributed by atoms with Gasteiger partial charge in [0.25, 0.3) is 9.84 Å². The van der Waals surface area contributed by atoms with Gasteiger partial charge in [-0.05, 0) is 18.2 Å². The van der Waals surface area contributed by atoms with E-state index in [0.29, 0.717) is 12.1 Å². The van der Waals surface area contributed by atoms with Gasteiger partial charge in [-0.3, -0.25) is 0 Å². The molecule has 0 bridgehead atoms. The molecule has 1 heterocycles. The number of benzene rings is 1. The predicted octanol–water partition coefficient (Wildman–Crippen LogP) is 2.03. The van der Waals surface area contributed by atoms with E-state index >= 15 is 0 Å². The normalized spacial score (nSPS) is 15.4. The first-order chi connectivity index (χ1) is 13.0. The minimum absolute atomic E-state index is 0.197. The van der Waals surface area contributed by atoms with Crippen LogP contribution < -0.4 is 4.90 Å². The fraction of sp³-hybridized carbons (Fsp3) is 0.333. The van der Waals surface area contributed by atoms with Crippen LogP contribution in [0.25, 0.3) is 0 Å². The Morgan fingerprint density at radius 3 is 2.32 bits per heavy atom. The van der Waals surface area contributed by atoms with Crippen molar-refractivity contribution in [2.24, 2.45) is 0 Å². The van der Waals surface area contributed by atoms with Crippen LogP contribution in [0.1, 0.15) is 0 Å². The third-order valence-corrected chi connectivity index (χ3v) is 5.46. The van der Waals surface area contributed by atoms with Gasteiger partial charge in [0.1, 0.15) is 12.4 Å². The van der Waals surface area contributed by atoms with Gasteiger partial charge >= 0.3 is 17.4 Å². The zero-order chi connectivity index (χ0) is 21.3. The maximum Gasteiger partial charge on any atom is 0.501 e. The summed E-state index contributed by atoms with van der Waals surface area (Å²) < 4.78 is 76.3. The van der Waals surface area contributed by atoms with E-state index in [0.717, 1.165) is 25.2 Å². The van der Waals surface area contributed by atoms with Crippen molar-refractivity contribution in [3.05, 3.63) is 34.5 Å². The van der Waals surface area contributed by atoms with Crippen LogP contribution in [0.5, 0.6) is 0 Å². The lowest BCUT2D eigenvalue weighted by molar-refractivity contribution is -0.140. The van der Waals surface area contributed by atoms with Gasteiger partial charge in [0.2, 0.25) is 0 Å². The van der Waals surface area contributed by atoms with Gasteiger partial charge in [-0.15, -0.1) is 0 Å². The van der Waals surface area contributed by atoms with E-state index in [1.807, 2.05) is 0 Å². The fourth-order valence-corrected chi connectivity index (χ4v) is 3.33. The van der Waals surface area contributed by atoms with E-state index in [9.17, 15) is 31.2 Å². The molecular weight excluding hydrogens is 431 g/mol. The van der Waals surface area contributed by atoms with Gasteiger partial charge in [0.15, 0.2) is 0 Å². The van der Waals surface area contributed by atoms with E-state index in [2.05, 4.69) is 9.47 Å². The number of carbonyl (C=O) groups excluding carboxylic acids is 2. The third-order valence-electron chi connectivity index (χ3n) is 3.66. The Bertz CT molecular complexity index is 943. The number of halogens is 4. The van der Waals surface area contributed by atoms with Crippen molar-refractivity contribution in [1.29, 1.82) is 0 Å². The second-order valence-corrected chi connectivity index (χ2v) is 7.63. The molecule has 0 fully saturated rings. The molecule has 0 saturated carbocycles. The molecule has 28 heavy (non-hydrogen) atoms. The molecule has 0 spiro atoms. The highest BCUT2D eigenvalue weighted by Crippen LogP contribution is 2.37. The number of sulfone groups is 1. The molecule has 0 saturated heterocycles. The smallest absolute Gasteiger partial charge is 0.466 e. The summed E-state index contributed by atoms with van der Waals surface area (Å²) >= 11 is 6.00. The van der Waals surface area contributed by atoms with Crippen LogP contribution in [0.15, 0.2) is 34.4 Å². The molecule has 0 atom stereocenters.